The summed E-state index contributed by atoms with van der Waals surface area (Å²) in [4.78, 5) is 30.7. The molecule has 0 bridgehead atoms. The molecule has 0 spiro atoms. The van der Waals surface area contributed by atoms with Crippen molar-refractivity contribution in [2.75, 3.05) is 0 Å². The van der Waals surface area contributed by atoms with Crippen LogP contribution in [0.15, 0.2) is 58.4 Å². The predicted octanol–water partition coefficient (Wildman–Crippen LogP) is 8.59. The van der Waals surface area contributed by atoms with E-state index in [9.17, 15) is 14.7 Å². The Bertz CT molecular complexity index is 1400. The van der Waals surface area contributed by atoms with Crippen LogP contribution in [0.4, 0.5) is 0 Å². The molecule has 41 heavy (non-hydrogen) atoms. The summed E-state index contributed by atoms with van der Waals surface area (Å²) < 4.78 is 6.65. The molecule has 7 nitrogen and oxygen atoms in total. The van der Waals surface area contributed by atoms with Gasteiger partial charge in [-0.25, -0.2) is 4.79 Å². The van der Waals surface area contributed by atoms with Crippen LogP contribution >= 0.6 is 11.3 Å². The number of carboxylic acids is 1. The summed E-state index contributed by atoms with van der Waals surface area (Å²) in [6, 6.07) is 15.2. The normalized spacial score (nSPS) is 12.0. The third-order valence-corrected chi connectivity index (χ3v) is 8.64. The van der Waals surface area contributed by atoms with E-state index in [0.29, 0.717) is 12.3 Å². The van der Waals surface area contributed by atoms with Crippen LogP contribution < -0.4 is 0 Å². The first kappa shape index (κ1) is 30.4. The number of amides is 1. The molecule has 2 aromatic heterocycles. The second kappa shape index (κ2) is 15.5. The van der Waals surface area contributed by atoms with Gasteiger partial charge in [-0.3, -0.25) is 4.79 Å². The Morgan fingerprint density at radius 2 is 1.61 bits per heavy atom. The molecule has 0 aliphatic heterocycles. The van der Waals surface area contributed by atoms with Gasteiger partial charge in [0.1, 0.15) is 0 Å². The topological polar surface area (TPSA) is 96.5 Å². The summed E-state index contributed by atoms with van der Waals surface area (Å²) in [6.45, 7) is 4.43. The predicted molar refractivity (Wildman–Crippen MR) is 164 cm³/mol. The van der Waals surface area contributed by atoms with Gasteiger partial charge in [-0.1, -0.05) is 101 Å². The maximum atomic E-state index is 12.9. The van der Waals surface area contributed by atoms with Crippen LogP contribution in [-0.4, -0.2) is 32.0 Å². The first-order valence-corrected chi connectivity index (χ1v) is 15.8. The Labute approximate surface area is 246 Å². The Balaban J connectivity index is 1.37. The van der Waals surface area contributed by atoms with Gasteiger partial charge in [0.05, 0.1) is 6.04 Å². The van der Waals surface area contributed by atoms with Crippen molar-refractivity contribution in [3.8, 4) is 11.5 Å². The van der Waals surface area contributed by atoms with Crippen LogP contribution in [0.5, 0.6) is 0 Å². The van der Waals surface area contributed by atoms with Gasteiger partial charge >= 0.3 is 11.9 Å². The SMILES string of the molecule is CCCCCCCCCCCc1noc(-c2ccc(C(CC)N(Cc3csc4ccccc34)C(=O)C(=O)O)cc2)n1. The molecular formula is C33H41N3O4S. The van der Waals surface area contributed by atoms with E-state index in [1.807, 2.05) is 60.8 Å². The van der Waals surface area contributed by atoms with E-state index in [-0.39, 0.29) is 6.54 Å². The number of aromatic nitrogens is 2. The van der Waals surface area contributed by atoms with Crippen molar-refractivity contribution in [2.45, 2.75) is 97.1 Å². The van der Waals surface area contributed by atoms with E-state index in [4.69, 9.17) is 4.52 Å². The van der Waals surface area contributed by atoms with Crippen LogP contribution in [0.25, 0.3) is 21.5 Å². The summed E-state index contributed by atoms with van der Waals surface area (Å²) >= 11 is 1.60. The van der Waals surface area contributed by atoms with Crippen LogP contribution in [0.1, 0.15) is 101 Å². The minimum Gasteiger partial charge on any atom is -0.474 e. The highest BCUT2D eigenvalue weighted by atomic mass is 32.1. The summed E-state index contributed by atoms with van der Waals surface area (Å²) in [7, 11) is 0. The maximum Gasteiger partial charge on any atom is 0.394 e. The van der Waals surface area contributed by atoms with Crippen molar-refractivity contribution in [2.24, 2.45) is 0 Å². The number of nitrogens with zero attached hydrogens (tertiary/aromatic N) is 3. The Morgan fingerprint density at radius 3 is 2.29 bits per heavy atom. The molecule has 0 saturated carbocycles. The summed E-state index contributed by atoms with van der Waals surface area (Å²) in [5.41, 5.74) is 2.61. The summed E-state index contributed by atoms with van der Waals surface area (Å²) in [5, 5.41) is 16.8. The van der Waals surface area contributed by atoms with Gasteiger partial charge in [-0.2, -0.15) is 4.98 Å². The van der Waals surface area contributed by atoms with Crippen LogP contribution in [0, 0.1) is 0 Å². The number of aliphatic carboxylic acids is 1. The van der Waals surface area contributed by atoms with Gasteiger partial charge in [-0.05, 0) is 52.9 Å². The lowest BCUT2D eigenvalue weighted by atomic mass is 10.00. The molecule has 2 heterocycles. The molecule has 4 aromatic rings. The summed E-state index contributed by atoms with van der Waals surface area (Å²) in [5.74, 6) is -1.17. The number of unbranched alkanes of at least 4 members (excludes halogenated alkanes) is 8. The zero-order valence-electron chi connectivity index (χ0n) is 24.2. The fourth-order valence-corrected chi connectivity index (χ4v) is 6.29. The zero-order chi connectivity index (χ0) is 29.0. The molecule has 218 valence electrons. The largest absolute Gasteiger partial charge is 0.474 e. The summed E-state index contributed by atoms with van der Waals surface area (Å²) in [6.07, 6.45) is 12.8. The van der Waals surface area contributed by atoms with Gasteiger partial charge in [-0.15, -0.1) is 11.3 Å². The smallest absolute Gasteiger partial charge is 0.394 e. The van der Waals surface area contributed by atoms with Crippen LogP contribution in [0.3, 0.4) is 0 Å². The Hall–Kier alpha value is -3.52. The second-order valence-corrected chi connectivity index (χ2v) is 11.5. The van der Waals surface area contributed by atoms with E-state index in [0.717, 1.165) is 45.4 Å². The fraction of sp³-hybridized carbons (Fsp3) is 0.455. The molecule has 1 amide bonds. The van der Waals surface area contributed by atoms with E-state index in [1.54, 1.807) is 11.3 Å². The van der Waals surface area contributed by atoms with Gasteiger partial charge in [0, 0.05) is 23.2 Å². The van der Waals surface area contributed by atoms with Gasteiger partial charge in [0.2, 0.25) is 0 Å². The van der Waals surface area contributed by atoms with E-state index in [2.05, 4.69) is 17.1 Å². The third-order valence-electron chi connectivity index (χ3n) is 7.62. The lowest BCUT2D eigenvalue weighted by molar-refractivity contribution is -0.157. The van der Waals surface area contributed by atoms with Crippen molar-refractivity contribution in [3.63, 3.8) is 0 Å². The molecule has 0 radical (unpaired) electrons. The van der Waals surface area contributed by atoms with Crippen LogP contribution in [-0.2, 0) is 22.6 Å². The molecule has 1 atom stereocenters. The highest BCUT2D eigenvalue weighted by Crippen LogP contribution is 2.32. The molecule has 1 N–H and O–H groups in total. The molecule has 2 aromatic carbocycles. The van der Waals surface area contributed by atoms with E-state index < -0.39 is 17.9 Å². The Kier molecular flexibility index (Phi) is 11.5. The highest BCUT2D eigenvalue weighted by Gasteiger charge is 2.29. The number of carboxylic acid groups (broad SMARTS) is 1. The molecule has 8 heteroatoms. The van der Waals surface area contributed by atoms with Crippen molar-refractivity contribution in [3.05, 3.63) is 70.9 Å². The second-order valence-electron chi connectivity index (χ2n) is 10.6. The quantitative estimate of drug-likeness (QED) is 0.106. The van der Waals surface area contributed by atoms with Gasteiger partial charge in [0.15, 0.2) is 5.82 Å². The lowest BCUT2D eigenvalue weighted by Crippen LogP contribution is -2.38. The average Bonchev–Trinajstić information content (AvgIpc) is 3.63. The molecule has 0 aliphatic carbocycles. The number of benzene rings is 2. The zero-order valence-corrected chi connectivity index (χ0v) is 25.0. The first-order chi connectivity index (χ1) is 20.0. The lowest BCUT2D eigenvalue weighted by Gasteiger charge is -2.30. The van der Waals surface area contributed by atoms with Crippen LogP contribution in [0.2, 0.25) is 0 Å². The molecule has 0 saturated heterocycles. The van der Waals surface area contributed by atoms with Gasteiger partial charge in [0.25, 0.3) is 5.89 Å². The van der Waals surface area contributed by atoms with E-state index >= 15 is 0 Å². The fourth-order valence-electron chi connectivity index (χ4n) is 5.34. The van der Waals surface area contributed by atoms with Crippen molar-refractivity contribution in [1.29, 1.82) is 0 Å². The number of carbonyl (C=O) groups is 2. The number of rotatable bonds is 16. The van der Waals surface area contributed by atoms with Crippen molar-refractivity contribution in [1.82, 2.24) is 15.0 Å². The first-order valence-electron chi connectivity index (χ1n) is 14.9. The average molecular weight is 576 g/mol. The number of hydrogen-bond donors (Lipinski definition) is 1. The highest BCUT2D eigenvalue weighted by molar-refractivity contribution is 7.17. The Morgan fingerprint density at radius 1 is 0.927 bits per heavy atom. The number of carbonyl (C=O) groups excluding carboxylic acids is 1. The van der Waals surface area contributed by atoms with Crippen molar-refractivity contribution < 1.29 is 19.2 Å². The number of fused-ring (bicyclic) bond motifs is 1. The number of thiophene rings is 1. The molecule has 0 fully saturated rings. The third kappa shape index (κ3) is 8.26. The molecular weight excluding hydrogens is 534 g/mol. The molecule has 1 unspecified atom stereocenters. The monoisotopic (exact) mass is 575 g/mol. The number of aryl methyl sites for hydroxylation is 1. The minimum absolute atomic E-state index is 0.223. The molecule has 4 rings (SSSR count). The standard InChI is InChI=1S/C33H41N3O4S/c1-3-5-6-7-8-9-10-11-12-17-30-34-31(40-35-30)25-20-18-24(19-21-25)28(4-2)36(32(37)33(38)39)22-26-23-41-29-16-14-13-15-27(26)29/h13-16,18-21,23,28H,3-12,17,22H2,1-2H3,(H,38,39). The van der Waals surface area contributed by atoms with Crippen molar-refractivity contribution >= 4 is 33.3 Å². The van der Waals surface area contributed by atoms with Gasteiger partial charge < -0.3 is 14.5 Å². The molecule has 0 aliphatic rings. The number of hydrogen-bond acceptors (Lipinski definition) is 6. The maximum absolute atomic E-state index is 12.9. The minimum atomic E-state index is -1.45. The van der Waals surface area contributed by atoms with E-state index in [1.165, 1.54) is 56.3 Å².